The number of amides is 1. The van der Waals surface area contributed by atoms with Gasteiger partial charge in [-0.25, -0.2) is 4.98 Å². The third-order valence-electron chi connectivity index (χ3n) is 6.47. The molecule has 0 spiro atoms. The van der Waals surface area contributed by atoms with Crippen molar-refractivity contribution in [2.75, 3.05) is 6.54 Å². The predicted molar refractivity (Wildman–Crippen MR) is 131 cm³/mol. The second-order valence-electron chi connectivity index (χ2n) is 8.73. The Morgan fingerprint density at radius 3 is 2.39 bits per heavy atom. The lowest BCUT2D eigenvalue weighted by Gasteiger charge is -2.38. The molecule has 184 valence electrons. The fraction of sp³-hybridized carbons (Fsp3) is 0.214. The van der Waals surface area contributed by atoms with E-state index >= 15 is 0 Å². The Morgan fingerprint density at radius 2 is 1.69 bits per heavy atom. The van der Waals surface area contributed by atoms with Crippen LogP contribution in [0.2, 0.25) is 5.02 Å². The molecule has 0 saturated heterocycles. The van der Waals surface area contributed by atoms with E-state index in [-0.39, 0.29) is 24.3 Å². The van der Waals surface area contributed by atoms with Gasteiger partial charge in [-0.2, -0.15) is 13.2 Å². The van der Waals surface area contributed by atoms with Crippen LogP contribution in [0.5, 0.6) is 0 Å². The van der Waals surface area contributed by atoms with Crippen LogP contribution in [0.4, 0.5) is 13.2 Å². The molecule has 0 radical (unpaired) electrons. The summed E-state index contributed by atoms with van der Waals surface area (Å²) in [6.07, 6.45) is -3.70. The summed E-state index contributed by atoms with van der Waals surface area (Å²) in [5, 5.41) is 0.583. The molecule has 0 N–H and O–H groups in total. The zero-order valence-corrected chi connectivity index (χ0v) is 20.1. The van der Waals surface area contributed by atoms with Crippen molar-refractivity contribution in [3.05, 3.63) is 112 Å². The first-order chi connectivity index (χ1) is 17.2. The minimum atomic E-state index is -4.42. The molecule has 3 aromatic carbocycles. The number of carbonyl (C=O) groups excluding carboxylic acids is 1. The van der Waals surface area contributed by atoms with E-state index in [1.807, 2.05) is 47.4 Å². The highest BCUT2D eigenvalue weighted by Crippen LogP contribution is 2.38. The number of benzene rings is 3. The van der Waals surface area contributed by atoms with Gasteiger partial charge in [-0.15, -0.1) is 0 Å². The lowest BCUT2D eigenvalue weighted by Crippen LogP contribution is -2.41. The van der Waals surface area contributed by atoms with Crippen molar-refractivity contribution in [1.82, 2.24) is 9.88 Å². The number of fused-ring (bicyclic) bond motifs is 1. The van der Waals surface area contributed by atoms with E-state index in [0.29, 0.717) is 28.6 Å². The second-order valence-corrected chi connectivity index (χ2v) is 9.14. The van der Waals surface area contributed by atoms with Gasteiger partial charge in [-0.05, 0) is 60.4 Å². The number of aromatic nitrogens is 1. The van der Waals surface area contributed by atoms with Gasteiger partial charge in [0, 0.05) is 17.1 Å². The molecule has 0 bridgehead atoms. The summed E-state index contributed by atoms with van der Waals surface area (Å²) < 4.78 is 44.4. The van der Waals surface area contributed by atoms with E-state index in [4.69, 9.17) is 16.0 Å². The third kappa shape index (κ3) is 4.63. The van der Waals surface area contributed by atoms with Crippen molar-refractivity contribution < 1.29 is 22.4 Å². The van der Waals surface area contributed by atoms with Gasteiger partial charge in [0.1, 0.15) is 5.76 Å². The van der Waals surface area contributed by atoms with Crippen molar-refractivity contribution in [3.63, 3.8) is 0 Å². The summed E-state index contributed by atoms with van der Waals surface area (Å²) in [4.78, 5) is 19.9. The summed E-state index contributed by atoms with van der Waals surface area (Å²) in [6, 6.07) is 19.8. The largest absolute Gasteiger partial charge is 0.441 e. The van der Waals surface area contributed by atoms with Gasteiger partial charge in [-0.3, -0.25) is 4.79 Å². The standard InChI is InChI=1S/C28H22ClF3N2O2/c1-17-24(33-27(36-17)19-10-12-20(13-11-19)28(30,31)32)16-25(35)34-15-14-18-6-2-3-7-21(18)26(34)22-8-4-5-9-23(22)29/h2-13,26H,14-16H2,1H3/t26-/m0/s1. The van der Waals surface area contributed by atoms with E-state index in [1.54, 1.807) is 6.92 Å². The van der Waals surface area contributed by atoms with Crippen LogP contribution in [0, 0.1) is 6.92 Å². The molecule has 36 heavy (non-hydrogen) atoms. The number of rotatable bonds is 4. The fourth-order valence-electron chi connectivity index (χ4n) is 4.63. The number of hydrogen-bond acceptors (Lipinski definition) is 3. The fourth-order valence-corrected chi connectivity index (χ4v) is 4.87. The molecular formula is C28H22ClF3N2O2. The van der Waals surface area contributed by atoms with Crippen LogP contribution in [0.15, 0.2) is 77.2 Å². The summed E-state index contributed by atoms with van der Waals surface area (Å²) in [6.45, 7) is 2.22. The molecule has 0 saturated carbocycles. The molecule has 4 aromatic rings. The first-order valence-corrected chi connectivity index (χ1v) is 11.9. The Balaban J connectivity index is 1.43. The van der Waals surface area contributed by atoms with Gasteiger partial charge >= 0.3 is 6.18 Å². The van der Waals surface area contributed by atoms with E-state index in [2.05, 4.69) is 11.1 Å². The van der Waals surface area contributed by atoms with Crippen molar-refractivity contribution in [1.29, 1.82) is 0 Å². The van der Waals surface area contributed by atoms with Gasteiger partial charge in [0.05, 0.1) is 23.7 Å². The number of carbonyl (C=O) groups is 1. The molecule has 2 heterocycles. The van der Waals surface area contributed by atoms with E-state index in [9.17, 15) is 18.0 Å². The highest BCUT2D eigenvalue weighted by atomic mass is 35.5. The lowest BCUT2D eigenvalue weighted by molar-refractivity contribution is -0.137. The SMILES string of the molecule is Cc1oc(-c2ccc(C(F)(F)F)cc2)nc1CC(=O)N1CCc2ccccc2[C@H]1c1ccccc1Cl. The quantitative estimate of drug-likeness (QED) is 0.296. The zero-order valence-electron chi connectivity index (χ0n) is 19.3. The number of halogens is 4. The van der Waals surface area contributed by atoms with Crippen molar-refractivity contribution in [2.45, 2.75) is 32.0 Å². The van der Waals surface area contributed by atoms with Gasteiger partial charge < -0.3 is 9.32 Å². The van der Waals surface area contributed by atoms with Gasteiger partial charge in [0.15, 0.2) is 0 Å². The summed E-state index contributed by atoms with van der Waals surface area (Å²) >= 11 is 6.55. The zero-order chi connectivity index (χ0) is 25.4. The molecule has 0 aliphatic carbocycles. The minimum Gasteiger partial charge on any atom is -0.441 e. The Hall–Kier alpha value is -3.58. The molecule has 8 heteroatoms. The van der Waals surface area contributed by atoms with Gasteiger partial charge in [0.25, 0.3) is 0 Å². The first-order valence-electron chi connectivity index (χ1n) is 11.5. The molecule has 4 nitrogen and oxygen atoms in total. The van der Waals surface area contributed by atoms with E-state index < -0.39 is 11.7 Å². The Kier molecular flexibility index (Phi) is 6.35. The number of nitrogens with zero attached hydrogens (tertiary/aromatic N) is 2. The molecular weight excluding hydrogens is 489 g/mol. The van der Waals surface area contributed by atoms with Crippen LogP contribution in [-0.2, 0) is 23.8 Å². The van der Waals surface area contributed by atoms with E-state index in [0.717, 1.165) is 29.7 Å². The maximum Gasteiger partial charge on any atom is 0.416 e. The predicted octanol–water partition coefficient (Wildman–Crippen LogP) is 7.04. The molecule has 1 amide bonds. The number of aryl methyl sites for hydroxylation is 1. The molecule has 5 rings (SSSR count). The highest BCUT2D eigenvalue weighted by molar-refractivity contribution is 6.31. The van der Waals surface area contributed by atoms with Crippen LogP contribution in [0.25, 0.3) is 11.5 Å². The average Bonchev–Trinajstić information content (AvgIpc) is 3.23. The van der Waals surface area contributed by atoms with Crippen molar-refractivity contribution in [3.8, 4) is 11.5 Å². The first kappa shape index (κ1) is 24.1. The minimum absolute atomic E-state index is 0.000905. The second kappa shape index (κ2) is 9.47. The van der Waals surface area contributed by atoms with E-state index in [1.165, 1.54) is 17.7 Å². The third-order valence-corrected chi connectivity index (χ3v) is 6.82. The number of oxazole rings is 1. The van der Waals surface area contributed by atoms with Crippen LogP contribution >= 0.6 is 11.6 Å². The Bertz CT molecular complexity index is 1410. The van der Waals surface area contributed by atoms with Crippen molar-refractivity contribution in [2.24, 2.45) is 0 Å². The molecule has 1 atom stereocenters. The highest BCUT2D eigenvalue weighted by Gasteiger charge is 2.34. The lowest BCUT2D eigenvalue weighted by atomic mass is 9.88. The van der Waals surface area contributed by atoms with Crippen LogP contribution in [0.1, 0.15) is 39.7 Å². The van der Waals surface area contributed by atoms with Crippen LogP contribution in [0.3, 0.4) is 0 Å². The maximum absolute atomic E-state index is 13.6. The van der Waals surface area contributed by atoms with Gasteiger partial charge in [-0.1, -0.05) is 54.1 Å². The molecule has 1 aliphatic rings. The van der Waals surface area contributed by atoms with Crippen LogP contribution in [-0.4, -0.2) is 22.3 Å². The van der Waals surface area contributed by atoms with Crippen molar-refractivity contribution >= 4 is 17.5 Å². The summed E-state index contributed by atoms with van der Waals surface area (Å²) in [7, 11) is 0. The maximum atomic E-state index is 13.6. The molecule has 1 aromatic heterocycles. The Morgan fingerprint density at radius 1 is 1.03 bits per heavy atom. The number of alkyl halides is 3. The molecule has 0 unspecified atom stereocenters. The Labute approximate surface area is 211 Å². The normalized spacial score (nSPS) is 15.6. The molecule has 1 aliphatic heterocycles. The molecule has 0 fully saturated rings. The summed E-state index contributed by atoms with van der Waals surface area (Å²) in [5.41, 5.74) is 3.17. The topological polar surface area (TPSA) is 46.3 Å². The monoisotopic (exact) mass is 510 g/mol. The average molecular weight is 511 g/mol. The number of hydrogen-bond donors (Lipinski definition) is 0. The van der Waals surface area contributed by atoms with Gasteiger partial charge in [0.2, 0.25) is 11.8 Å². The smallest absolute Gasteiger partial charge is 0.416 e. The van der Waals surface area contributed by atoms with Crippen LogP contribution < -0.4 is 0 Å². The summed E-state index contributed by atoms with van der Waals surface area (Å²) in [5.74, 6) is 0.491.